The Morgan fingerprint density at radius 1 is 1.47 bits per heavy atom. The minimum Gasteiger partial charge on any atom is -0.305 e. The average Bonchev–Trinajstić information content (AvgIpc) is 2.80. The molecule has 102 valence electrons. The first-order chi connectivity index (χ1) is 9.13. The minimum atomic E-state index is -0.307. The first kappa shape index (κ1) is 14.0. The number of aryl methyl sites for hydroxylation is 1. The second-order valence-electron chi connectivity index (χ2n) is 4.34. The molecule has 4 nitrogen and oxygen atoms in total. The Hall–Kier alpha value is -1.46. The topological polar surface area (TPSA) is 42.7 Å². The number of hydrogen-bond acceptors (Lipinski definition) is 3. The highest BCUT2D eigenvalue weighted by molar-refractivity contribution is 6.30. The summed E-state index contributed by atoms with van der Waals surface area (Å²) < 4.78 is 15.7. The second kappa shape index (κ2) is 6.12. The smallest absolute Gasteiger partial charge is 0.128 e. The Morgan fingerprint density at radius 3 is 2.89 bits per heavy atom. The standard InChI is InChI=1S/C13H16ClFN4/c1-3-6-16-13(12-8-17-18-19(12)2)10-7-9(14)4-5-11(10)15/h4-5,7-8,13,16H,3,6H2,1-2H3. The summed E-state index contributed by atoms with van der Waals surface area (Å²) in [6.45, 7) is 2.82. The van der Waals surface area contributed by atoms with Crippen LogP contribution in [0.2, 0.25) is 5.02 Å². The molecule has 1 aromatic heterocycles. The van der Waals surface area contributed by atoms with Crippen LogP contribution >= 0.6 is 11.6 Å². The van der Waals surface area contributed by atoms with Crippen molar-refractivity contribution in [1.29, 1.82) is 0 Å². The van der Waals surface area contributed by atoms with Crippen LogP contribution in [0.5, 0.6) is 0 Å². The molecule has 1 heterocycles. The van der Waals surface area contributed by atoms with E-state index in [9.17, 15) is 4.39 Å². The molecule has 0 fully saturated rings. The molecule has 2 rings (SSSR count). The summed E-state index contributed by atoms with van der Waals surface area (Å²) in [6, 6.07) is 4.25. The van der Waals surface area contributed by atoms with E-state index in [-0.39, 0.29) is 11.9 Å². The van der Waals surface area contributed by atoms with Gasteiger partial charge in [0.15, 0.2) is 0 Å². The van der Waals surface area contributed by atoms with Crippen molar-refractivity contribution in [2.24, 2.45) is 7.05 Å². The van der Waals surface area contributed by atoms with Gasteiger partial charge >= 0.3 is 0 Å². The normalized spacial score (nSPS) is 12.6. The van der Waals surface area contributed by atoms with Crippen molar-refractivity contribution in [2.45, 2.75) is 19.4 Å². The molecule has 0 spiro atoms. The van der Waals surface area contributed by atoms with E-state index in [4.69, 9.17) is 11.6 Å². The first-order valence-electron chi connectivity index (χ1n) is 6.16. The Morgan fingerprint density at radius 2 is 2.26 bits per heavy atom. The molecule has 1 atom stereocenters. The van der Waals surface area contributed by atoms with Gasteiger partial charge in [0, 0.05) is 17.6 Å². The molecular formula is C13H16ClFN4. The lowest BCUT2D eigenvalue weighted by Gasteiger charge is -2.19. The van der Waals surface area contributed by atoms with Crippen molar-refractivity contribution in [1.82, 2.24) is 20.3 Å². The molecule has 1 N–H and O–H groups in total. The van der Waals surface area contributed by atoms with Crippen molar-refractivity contribution in [3.63, 3.8) is 0 Å². The predicted molar refractivity (Wildman–Crippen MR) is 72.5 cm³/mol. The van der Waals surface area contributed by atoms with E-state index < -0.39 is 0 Å². The van der Waals surface area contributed by atoms with E-state index in [0.717, 1.165) is 18.7 Å². The molecule has 0 amide bonds. The molecule has 1 aromatic carbocycles. The van der Waals surface area contributed by atoms with E-state index in [1.165, 1.54) is 6.07 Å². The average molecular weight is 283 g/mol. The Kier molecular flexibility index (Phi) is 4.50. The molecule has 0 saturated carbocycles. The van der Waals surface area contributed by atoms with Crippen LogP contribution in [0.25, 0.3) is 0 Å². The van der Waals surface area contributed by atoms with Gasteiger partial charge in [0.1, 0.15) is 5.82 Å². The van der Waals surface area contributed by atoms with Gasteiger partial charge in [0.25, 0.3) is 0 Å². The molecule has 1 unspecified atom stereocenters. The molecule has 0 saturated heterocycles. The minimum absolute atomic E-state index is 0.292. The largest absolute Gasteiger partial charge is 0.305 e. The predicted octanol–water partition coefficient (Wildman–Crippen LogP) is 2.70. The number of aromatic nitrogens is 3. The maximum absolute atomic E-state index is 14.0. The van der Waals surface area contributed by atoms with Crippen LogP contribution in [0.3, 0.4) is 0 Å². The fourth-order valence-electron chi connectivity index (χ4n) is 1.96. The summed E-state index contributed by atoms with van der Waals surface area (Å²) in [6.07, 6.45) is 2.58. The van der Waals surface area contributed by atoms with Gasteiger partial charge in [-0.25, -0.2) is 4.39 Å². The molecule has 19 heavy (non-hydrogen) atoms. The highest BCUT2D eigenvalue weighted by Crippen LogP contribution is 2.26. The molecular weight excluding hydrogens is 267 g/mol. The van der Waals surface area contributed by atoms with Gasteiger partial charge in [-0.2, -0.15) is 0 Å². The molecule has 0 radical (unpaired) electrons. The van der Waals surface area contributed by atoms with E-state index in [1.54, 1.807) is 30.1 Å². The number of hydrogen-bond donors (Lipinski definition) is 1. The van der Waals surface area contributed by atoms with Gasteiger partial charge in [-0.3, -0.25) is 4.68 Å². The van der Waals surface area contributed by atoms with Crippen molar-refractivity contribution < 1.29 is 4.39 Å². The van der Waals surface area contributed by atoms with Gasteiger partial charge in [-0.05, 0) is 31.2 Å². The molecule has 6 heteroatoms. The summed E-state index contributed by atoms with van der Waals surface area (Å²) in [4.78, 5) is 0. The number of halogens is 2. The Bertz CT molecular complexity index is 555. The van der Waals surface area contributed by atoms with Crippen molar-refractivity contribution in [3.8, 4) is 0 Å². The molecule has 0 aliphatic rings. The summed E-state index contributed by atoms with van der Waals surface area (Å²) in [5.74, 6) is -0.292. The highest BCUT2D eigenvalue weighted by atomic mass is 35.5. The number of rotatable bonds is 5. The fraction of sp³-hybridized carbons (Fsp3) is 0.385. The summed E-state index contributed by atoms with van der Waals surface area (Å²) >= 11 is 5.96. The highest BCUT2D eigenvalue weighted by Gasteiger charge is 2.21. The zero-order chi connectivity index (χ0) is 13.8. The second-order valence-corrected chi connectivity index (χ2v) is 4.77. The van der Waals surface area contributed by atoms with Gasteiger partial charge in [-0.1, -0.05) is 23.7 Å². The van der Waals surface area contributed by atoms with E-state index in [2.05, 4.69) is 22.6 Å². The third kappa shape index (κ3) is 3.11. The van der Waals surface area contributed by atoms with Gasteiger partial charge < -0.3 is 5.32 Å². The van der Waals surface area contributed by atoms with Crippen molar-refractivity contribution in [2.75, 3.05) is 6.54 Å². The van der Waals surface area contributed by atoms with Crippen LogP contribution in [-0.4, -0.2) is 21.5 Å². The quantitative estimate of drug-likeness (QED) is 0.917. The number of benzene rings is 1. The monoisotopic (exact) mass is 282 g/mol. The zero-order valence-electron chi connectivity index (χ0n) is 10.9. The van der Waals surface area contributed by atoms with Gasteiger partial charge in [-0.15, -0.1) is 5.10 Å². The van der Waals surface area contributed by atoms with Gasteiger partial charge in [0.05, 0.1) is 17.9 Å². The van der Waals surface area contributed by atoms with Crippen LogP contribution in [-0.2, 0) is 7.05 Å². The maximum Gasteiger partial charge on any atom is 0.128 e. The number of nitrogens with zero attached hydrogens (tertiary/aromatic N) is 3. The zero-order valence-corrected chi connectivity index (χ0v) is 11.7. The van der Waals surface area contributed by atoms with Crippen molar-refractivity contribution in [3.05, 3.63) is 46.5 Å². The van der Waals surface area contributed by atoms with Gasteiger partial charge in [0.2, 0.25) is 0 Å². The van der Waals surface area contributed by atoms with Crippen molar-refractivity contribution >= 4 is 11.6 Å². The lowest BCUT2D eigenvalue weighted by Crippen LogP contribution is -2.26. The van der Waals surface area contributed by atoms with Crippen LogP contribution in [0.1, 0.15) is 30.6 Å². The molecule has 0 aliphatic carbocycles. The van der Waals surface area contributed by atoms with E-state index >= 15 is 0 Å². The number of nitrogens with one attached hydrogen (secondary N) is 1. The Labute approximate surface area is 116 Å². The molecule has 2 aromatic rings. The Balaban J connectivity index is 2.42. The molecule has 0 aliphatic heterocycles. The lowest BCUT2D eigenvalue weighted by atomic mass is 10.0. The van der Waals surface area contributed by atoms with Crippen LogP contribution in [0.15, 0.2) is 24.4 Å². The van der Waals surface area contributed by atoms with Crippen LogP contribution in [0.4, 0.5) is 4.39 Å². The van der Waals surface area contributed by atoms with E-state index in [0.29, 0.717) is 10.6 Å². The third-order valence-corrected chi connectivity index (χ3v) is 3.15. The third-order valence-electron chi connectivity index (χ3n) is 2.91. The summed E-state index contributed by atoms with van der Waals surface area (Å²) in [5, 5.41) is 11.5. The van der Waals surface area contributed by atoms with Crippen LogP contribution < -0.4 is 5.32 Å². The van der Waals surface area contributed by atoms with Crippen LogP contribution in [0, 0.1) is 5.82 Å². The maximum atomic E-state index is 14.0. The van der Waals surface area contributed by atoms with E-state index in [1.807, 2.05) is 0 Å². The summed E-state index contributed by atoms with van der Waals surface area (Å²) in [7, 11) is 1.78. The SMILES string of the molecule is CCCNC(c1cc(Cl)ccc1F)c1cnnn1C. The molecule has 0 bridgehead atoms. The summed E-state index contributed by atoms with van der Waals surface area (Å²) in [5.41, 5.74) is 1.31. The lowest BCUT2D eigenvalue weighted by molar-refractivity contribution is 0.519. The fourth-order valence-corrected chi connectivity index (χ4v) is 2.14. The first-order valence-corrected chi connectivity index (χ1v) is 6.54.